The molecule has 0 aliphatic carbocycles. The summed E-state index contributed by atoms with van der Waals surface area (Å²) in [5.41, 5.74) is 1.51. The van der Waals surface area contributed by atoms with Crippen LogP contribution in [0, 0.1) is 5.82 Å². The third kappa shape index (κ3) is 1.95. The van der Waals surface area contributed by atoms with Crippen molar-refractivity contribution in [3.05, 3.63) is 35.0 Å². The van der Waals surface area contributed by atoms with Gasteiger partial charge in [0.15, 0.2) is 11.6 Å². The lowest BCUT2D eigenvalue weighted by Gasteiger charge is -2.52. The monoisotopic (exact) mass is 374 g/mol. The predicted octanol–water partition coefficient (Wildman–Crippen LogP) is 3.10. The molecule has 3 aliphatic heterocycles. The van der Waals surface area contributed by atoms with Crippen LogP contribution < -0.4 is 9.64 Å². The first kappa shape index (κ1) is 15.8. The average molecular weight is 375 g/mol. The Hall–Kier alpha value is -2.41. The topological polar surface area (TPSA) is 58.6 Å². The van der Waals surface area contributed by atoms with Crippen LogP contribution in [-0.4, -0.2) is 46.1 Å². The lowest BCUT2D eigenvalue weighted by Crippen LogP contribution is -2.62. The van der Waals surface area contributed by atoms with E-state index in [0.29, 0.717) is 30.0 Å². The van der Waals surface area contributed by atoms with E-state index in [9.17, 15) is 9.18 Å². The van der Waals surface area contributed by atoms with Gasteiger partial charge in [-0.2, -0.15) is 0 Å². The molecule has 1 aromatic carbocycles. The van der Waals surface area contributed by atoms with E-state index >= 15 is 0 Å². The smallest absolute Gasteiger partial charge is 0.257 e. The summed E-state index contributed by atoms with van der Waals surface area (Å²) in [6, 6.07) is 3.40. The first-order valence-corrected chi connectivity index (χ1v) is 8.96. The summed E-state index contributed by atoms with van der Waals surface area (Å²) in [5.74, 6) is -0.0959. The highest BCUT2D eigenvalue weighted by molar-refractivity contribution is 6.28. The molecule has 6 nitrogen and oxygen atoms in total. The van der Waals surface area contributed by atoms with Gasteiger partial charge in [0, 0.05) is 12.1 Å². The molecule has 3 aliphatic rings. The molecule has 0 bridgehead atoms. The molecule has 5 rings (SSSR count). The molecule has 0 spiro atoms. The van der Waals surface area contributed by atoms with Crippen LogP contribution in [0.3, 0.4) is 0 Å². The summed E-state index contributed by atoms with van der Waals surface area (Å²) < 4.78 is 20.3. The van der Waals surface area contributed by atoms with Gasteiger partial charge in [0.1, 0.15) is 18.0 Å². The van der Waals surface area contributed by atoms with E-state index in [2.05, 4.69) is 21.8 Å². The molecular weight excluding hydrogens is 359 g/mol. The Balaban J connectivity index is 1.77. The lowest BCUT2D eigenvalue weighted by molar-refractivity contribution is 0.0567. The highest BCUT2D eigenvalue weighted by atomic mass is 35.5. The first-order chi connectivity index (χ1) is 12.5. The van der Waals surface area contributed by atoms with E-state index in [1.54, 1.807) is 12.1 Å². The fourth-order valence-electron chi connectivity index (χ4n) is 4.41. The van der Waals surface area contributed by atoms with Crippen molar-refractivity contribution >= 4 is 23.2 Å². The van der Waals surface area contributed by atoms with Crippen LogP contribution >= 0.6 is 11.6 Å². The molecule has 2 aromatic rings. The standard InChI is InChI=1S/C18H16ClFN4O2/c1-18-5-2-6-24(18)16(25)11-4-3-10(13-12(20)9-21-17(19)22-13)15-14(11)23(18)7-8-26-15/h3-4,9H,2,5-8H2,1H3. The van der Waals surface area contributed by atoms with Crippen LogP contribution in [0.1, 0.15) is 30.1 Å². The van der Waals surface area contributed by atoms with Crippen LogP contribution in [0.5, 0.6) is 5.75 Å². The van der Waals surface area contributed by atoms with Crippen molar-refractivity contribution in [2.45, 2.75) is 25.4 Å². The summed E-state index contributed by atoms with van der Waals surface area (Å²) in [4.78, 5) is 24.9. The summed E-state index contributed by atoms with van der Waals surface area (Å²) in [6.07, 6.45) is 2.91. The Morgan fingerprint density at radius 1 is 1.27 bits per heavy atom. The van der Waals surface area contributed by atoms with E-state index in [1.807, 2.05) is 4.90 Å². The summed E-state index contributed by atoms with van der Waals surface area (Å²) in [7, 11) is 0. The van der Waals surface area contributed by atoms with Gasteiger partial charge in [-0.3, -0.25) is 4.79 Å². The van der Waals surface area contributed by atoms with Crippen molar-refractivity contribution < 1.29 is 13.9 Å². The van der Waals surface area contributed by atoms with Crippen molar-refractivity contribution in [1.29, 1.82) is 0 Å². The lowest BCUT2D eigenvalue weighted by atomic mass is 9.94. The second kappa shape index (κ2) is 5.30. The van der Waals surface area contributed by atoms with Crippen LogP contribution in [0.25, 0.3) is 11.3 Å². The first-order valence-electron chi connectivity index (χ1n) is 8.58. The number of benzene rings is 1. The zero-order chi connectivity index (χ0) is 18.1. The van der Waals surface area contributed by atoms with Crippen LogP contribution in [-0.2, 0) is 0 Å². The Bertz CT molecular complexity index is 953. The van der Waals surface area contributed by atoms with Gasteiger partial charge in [-0.15, -0.1) is 0 Å². The van der Waals surface area contributed by atoms with E-state index in [0.717, 1.165) is 31.3 Å². The minimum absolute atomic E-state index is 0.00394. The Labute approximate surface area is 154 Å². The Kier molecular flexibility index (Phi) is 3.22. The van der Waals surface area contributed by atoms with Gasteiger partial charge in [-0.05, 0) is 43.5 Å². The second-order valence-corrected chi connectivity index (χ2v) is 7.29. The quantitative estimate of drug-likeness (QED) is 0.718. The minimum Gasteiger partial charge on any atom is -0.489 e. The van der Waals surface area contributed by atoms with Gasteiger partial charge in [-0.25, -0.2) is 14.4 Å². The zero-order valence-electron chi connectivity index (χ0n) is 14.1. The summed E-state index contributed by atoms with van der Waals surface area (Å²) in [5, 5.41) is -0.0380. The number of carbonyl (C=O) groups is 1. The van der Waals surface area contributed by atoms with Gasteiger partial charge in [0.2, 0.25) is 5.28 Å². The molecule has 134 valence electrons. The third-order valence-corrected chi connectivity index (χ3v) is 5.79. The van der Waals surface area contributed by atoms with Gasteiger partial charge >= 0.3 is 0 Å². The maximum Gasteiger partial charge on any atom is 0.257 e. The fraction of sp³-hybridized carbons (Fsp3) is 0.389. The molecule has 0 saturated carbocycles. The number of ether oxygens (including phenoxy) is 1. The molecule has 26 heavy (non-hydrogen) atoms. The zero-order valence-corrected chi connectivity index (χ0v) is 14.9. The number of amides is 1. The van der Waals surface area contributed by atoms with Crippen LogP contribution in [0.2, 0.25) is 5.28 Å². The summed E-state index contributed by atoms with van der Waals surface area (Å²) >= 11 is 5.87. The van der Waals surface area contributed by atoms with Crippen molar-refractivity contribution in [3.8, 4) is 17.0 Å². The molecule has 8 heteroatoms. The number of aromatic nitrogens is 2. The average Bonchev–Trinajstić information content (AvgIpc) is 3.05. The third-order valence-electron chi connectivity index (χ3n) is 5.60. The number of hydrogen-bond donors (Lipinski definition) is 0. The van der Waals surface area contributed by atoms with Crippen molar-refractivity contribution in [2.24, 2.45) is 0 Å². The molecule has 1 fully saturated rings. The molecule has 0 radical (unpaired) electrons. The van der Waals surface area contributed by atoms with Crippen LogP contribution in [0.4, 0.5) is 10.1 Å². The highest BCUT2D eigenvalue weighted by Crippen LogP contribution is 2.51. The van der Waals surface area contributed by atoms with E-state index < -0.39 is 5.82 Å². The Morgan fingerprint density at radius 2 is 2.08 bits per heavy atom. The number of carbonyl (C=O) groups excluding carboxylic acids is 1. The van der Waals surface area contributed by atoms with Crippen molar-refractivity contribution in [2.75, 3.05) is 24.6 Å². The largest absolute Gasteiger partial charge is 0.489 e. The van der Waals surface area contributed by atoms with Gasteiger partial charge in [0.05, 0.1) is 24.0 Å². The van der Waals surface area contributed by atoms with Gasteiger partial charge in [-0.1, -0.05) is 0 Å². The molecule has 4 heterocycles. The second-order valence-electron chi connectivity index (χ2n) is 6.95. The molecular formula is C18H16ClFN4O2. The Morgan fingerprint density at radius 3 is 2.92 bits per heavy atom. The number of nitrogens with zero attached hydrogens (tertiary/aromatic N) is 4. The summed E-state index contributed by atoms with van der Waals surface area (Å²) in [6.45, 7) is 3.97. The molecule has 1 saturated heterocycles. The molecule has 0 N–H and O–H groups in total. The molecule has 1 atom stereocenters. The normalized spacial score (nSPS) is 23.6. The number of rotatable bonds is 1. The number of halogens is 2. The van der Waals surface area contributed by atoms with Crippen molar-refractivity contribution in [3.63, 3.8) is 0 Å². The number of hydrogen-bond acceptors (Lipinski definition) is 5. The fourth-order valence-corrected chi connectivity index (χ4v) is 4.54. The SMILES string of the molecule is CC12CCCN1C(=O)c1ccc(-c3nc(Cl)ncc3F)c3c1N2CCO3. The van der Waals surface area contributed by atoms with Gasteiger partial charge < -0.3 is 14.5 Å². The number of fused-ring (bicyclic) bond motifs is 2. The minimum atomic E-state index is -0.581. The molecule has 1 unspecified atom stereocenters. The highest BCUT2D eigenvalue weighted by Gasteiger charge is 2.51. The van der Waals surface area contributed by atoms with Gasteiger partial charge in [0.25, 0.3) is 5.91 Å². The van der Waals surface area contributed by atoms with E-state index in [1.165, 1.54) is 0 Å². The van der Waals surface area contributed by atoms with Crippen LogP contribution in [0.15, 0.2) is 18.3 Å². The maximum absolute atomic E-state index is 14.4. The van der Waals surface area contributed by atoms with E-state index in [4.69, 9.17) is 16.3 Å². The molecule has 1 aromatic heterocycles. The molecule has 1 amide bonds. The maximum atomic E-state index is 14.4. The van der Waals surface area contributed by atoms with E-state index in [-0.39, 0.29) is 22.5 Å². The van der Waals surface area contributed by atoms with Crippen molar-refractivity contribution in [1.82, 2.24) is 14.9 Å². The number of anilines is 1. The predicted molar refractivity (Wildman–Crippen MR) is 94.0 cm³/mol.